The molecule has 21 heavy (non-hydrogen) atoms. The summed E-state index contributed by atoms with van der Waals surface area (Å²) < 4.78 is 17.9. The molecule has 0 fully saturated rings. The number of esters is 1. The predicted octanol–water partition coefficient (Wildman–Crippen LogP) is 4.46. The minimum absolute atomic E-state index is 0.145. The van der Waals surface area contributed by atoms with E-state index in [0.29, 0.717) is 16.3 Å². The fraction of sp³-hybridized carbons (Fsp3) is 0.133. The van der Waals surface area contributed by atoms with Gasteiger partial charge in [-0.25, -0.2) is 9.18 Å². The zero-order valence-electron chi connectivity index (χ0n) is 11.1. The highest BCUT2D eigenvalue weighted by atomic mass is 35.5. The molecule has 6 heteroatoms. The van der Waals surface area contributed by atoms with Gasteiger partial charge in [0, 0.05) is 21.3 Å². The first-order valence-corrected chi connectivity index (χ1v) is 6.81. The third kappa shape index (κ3) is 3.86. The lowest BCUT2D eigenvalue weighted by atomic mass is 10.1. The van der Waals surface area contributed by atoms with Crippen molar-refractivity contribution in [3.05, 3.63) is 63.9 Å². The summed E-state index contributed by atoms with van der Waals surface area (Å²) in [5.41, 5.74) is 1.09. The van der Waals surface area contributed by atoms with Crippen molar-refractivity contribution in [2.24, 2.45) is 0 Å². The molecule has 0 radical (unpaired) electrons. The van der Waals surface area contributed by atoms with Gasteiger partial charge >= 0.3 is 5.97 Å². The van der Waals surface area contributed by atoms with Crippen molar-refractivity contribution in [3.8, 4) is 0 Å². The first-order chi connectivity index (χ1) is 10.0. The fourth-order valence-electron chi connectivity index (χ4n) is 1.83. The summed E-state index contributed by atoms with van der Waals surface area (Å²) in [4.78, 5) is 12.0. The molecule has 0 amide bonds. The number of methoxy groups -OCH3 is 1. The van der Waals surface area contributed by atoms with Gasteiger partial charge in [0.1, 0.15) is 5.82 Å². The average Bonchev–Trinajstić information content (AvgIpc) is 2.47. The molecule has 0 aliphatic heterocycles. The summed E-state index contributed by atoms with van der Waals surface area (Å²) in [7, 11) is 1.27. The van der Waals surface area contributed by atoms with Gasteiger partial charge in [0.15, 0.2) is 6.04 Å². The van der Waals surface area contributed by atoms with Crippen molar-refractivity contribution < 1.29 is 13.9 Å². The van der Waals surface area contributed by atoms with E-state index in [0.717, 1.165) is 6.07 Å². The van der Waals surface area contributed by atoms with Crippen molar-refractivity contribution in [3.63, 3.8) is 0 Å². The molecule has 1 N–H and O–H groups in total. The van der Waals surface area contributed by atoms with Crippen LogP contribution in [0.15, 0.2) is 42.5 Å². The number of anilines is 1. The first kappa shape index (κ1) is 15.6. The van der Waals surface area contributed by atoms with Crippen LogP contribution in [0, 0.1) is 5.82 Å². The van der Waals surface area contributed by atoms with Crippen molar-refractivity contribution in [1.29, 1.82) is 0 Å². The van der Waals surface area contributed by atoms with Crippen LogP contribution in [0.2, 0.25) is 10.0 Å². The number of benzene rings is 2. The first-order valence-electron chi connectivity index (χ1n) is 6.06. The normalized spacial score (nSPS) is 11.8. The Hall–Kier alpha value is -1.78. The third-order valence-electron chi connectivity index (χ3n) is 2.87. The quantitative estimate of drug-likeness (QED) is 0.842. The van der Waals surface area contributed by atoms with E-state index in [1.807, 2.05) is 0 Å². The highest BCUT2D eigenvalue weighted by molar-refractivity contribution is 6.31. The molecule has 0 heterocycles. The van der Waals surface area contributed by atoms with E-state index in [-0.39, 0.29) is 5.02 Å². The summed E-state index contributed by atoms with van der Waals surface area (Å²) in [6.45, 7) is 0. The standard InChI is InChI=1S/C15H12Cl2FNO2/c1-21-15(20)14(12-7-4-10(18)8-13(12)17)19-11-5-2-9(16)3-6-11/h2-8,14,19H,1H3. The Morgan fingerprint density at radius 3 is 2.43 bits per heavy atom. The van der Waals surface area contributed by atoms with Crippen LogP contribution in [0.5, 0.6) is 0 Å². The second kappa shape index (κ2) is 6.78. The van der Waals surface area contributed by atoms with Gasteiger partial charge in [-0.3, -0.25) is 0 Å². The Bertz CT molecular complexity index is 647. The second-order valence-electron chi connectivity index (χ2n) is 4.27. The van der Waals surface area contributed by atoms with Crippen LogP contribution in [0.4, 0.5) is 10.1 Å². The van der Waals surface area contributed by atoms with Gasteiger partial charge < -0.3 is 10.1 Å². The largest absolute Gasteiger partial charge is 0.467 e. The summed E-state index contributed by atoms with van der Waals surface area (Å²) in [6.07, 6.45) is 0. The lowest BCUT2D eigenvalue weighted by Crippen LogP contribution is -2.22. The molecule has 2 aromatic rings. The van der Waals surface area contributed by atoms with Gasteiger partial charge in [-0.1, -0.05) is 29.3 Å². The van der Waals surface area contributed by atoms with E-state index in [1.54, 1.807) is 24.3 Å². The van der Waals surface area contributed by atoms with Crippen LogP contribution in [0.25, 0.3) is 0 Å². The van der Waals surface area contributed by atoms with E-state index in [1.165, 1.54) is 19.2 Å². The highest BCUT2D eigenvalue weighted by Crippen LogP contribution is 2.28. The minimum Gasteiger partial charge on any atom is -0.467 e. The van der Waals surface area contributed by atoms with E-state index < -0.39 is 17.8 Å². The molecule has 110 valence electrons. The second-order valence-corrected chi connectivity index (χ2v) is 5.12. The van der Waals surface area contributed by atoms with Crippen molar-refractivity contribution >= 4 is 34.9 Å². The number of carbonyl (C=O) groups excluding carboxylic acids is 1. The number of ether oxygens (including phenoxy) is 1. The molecule has 1 unspecified atom stereocenters. The van der Waals surface area contributed by atoms with Crippen molar-refractivity contribution in [1.82, 2.24) is 0 Å². The Morgan fingerprint density at radius 1 is 1.19 bits per heavy atom. The van der Waals surface area contributed by atoms with Gasteiger partial charge in [0.25, 0.3) is 0 Å². The lowest BCUT2D eigenvalue weighted by molar-refractivity contribution is -0.141. The van der Waals surface area contributed by atoms with E-state index in [4.69, 9.17) is 27.9 Å². The SMILES string of the molecule is COC(=O)C(Nc1ccc(Cl)cc1)c1ccc(F)cc1Cl. The maximum absolute atomic E-state index is 13.1. The molecule has 0 saturated heterocycles. The molecular weight excluding hydrogens is 316 g/mol. The molecule has 0 saturated carbocycles. The van der Waals surface area contributed by atoms with Crippen molar-refractivity contribution in [2.45, 2.75) is 6.04 Å². The molecule has 0 bridgehead atoms. The summed E-state index contributed by atoms with van der Waals surface area (Å²) >= 11 is 11.8. The minimum atomic E-state index is -0.843. The summed E-state index contributed by atoms with van der Waals surface area (Å²) in [6, 6.07) is 9.80. The zero-order valence-corrected chi connectivity index (χ0v) is 12.6. The molecule has 0 aromatic heterocycles. The number of halogens is 3. The molecule has 0 aliphatic carbocycles. The van der Waals surface area contributed by atoms with Gasteiger partial charge in [-0.2, -0.15) is 0 Å². The molecule has 2 rings (SSSR count). The van der Waals surface area contributed by atoms with Gasteiger partial charge in [0.05, 0.1) is 7.11 Å². The number of carbonyl (C=O) groups is 1. The zero-order chi connectivity index (χ0) is 15.4. The summed E-state index contributed by atoms with van der Waals surface area (Å²) in [5, 5.41) is 3.72. The van der Waals surface area contributed by atoms with Crippen LogP contribution < -0.4 is 5.32 Å². The Balaban J connectivity index is 2.34. The number of nitrogens with one attached hydrogen (secondary N) is 1. The maximum atomic E-state index is 13.1. The monoisotopic (exact) mass is 327 g/mol. The summed E-state index contributed by atoms with van der Waals surface area (Å²) in [5.74, 6) is -1.00. The number of rotatable bonds is 4. The smallest absolute Gasteiger partial charge is 0.333 e. The van der Waals surface area contributed by atoms with Gasteiger partial charge in [-0.05, 0) is 36.4 Å². The Morgan fingerprint density at radius 2 is 1.86 bits per heavy atom. The van der Waals surface area contributed by atoms with Crippen LogP contribution in [-0.4, -0.2) is 13.1 Å². The Labute approximate surface area is 131 Å². The van der Waals surface area contributed by atoms with E-state index >= 15 is 0 Å². The van der Waals surface area contributed by atoms with E-state index in [9.17, 15) is 9.18 Å². The van der Waals surface area contributed by atoms with Crippen LogP contribution in [0.3, 0.4) is 0 Å². The molecular formula is C15H12Cl2FNO2. The lowest BCUT2D eigenvalue weighted by Gasteiger charge is -2.19. The molecule has 3 nitrogen and oxygen atoms in total. The van der Waals surface area contributed by atoms with Crippen LogP contribution in [-0.2, 0) is 9.53 Å². The predicted molar refractivity (Wildman–Crippen MR) is 81.2 cm³/mol. The van der Waals surface area contributed by atoms with Crippen LogP contribution >= 0.6 is 23.2 Å². The number of hydrogen-bond acceptors (Lipinski definition) is 3. The van der Waals surface area contributed by atoms with Gasteiger partial charge in [0.2, 0.25) is 0 Å². The highest BCUT2D eigenvalue weighted by Gasteiger charge is 2.24. The third-order valence-corrected chi connectivity index (χ3v) is 3.44. The number of hydrogen-bond donors (Lipinski definition) is 1. The topological polar surface area (TPSA) is 38.3 Å². The average molecular weight is 328 g/mol. The molecule has 0 spiro atoms. The van der Waals surface area contributed by atoms with Crippen LogP contribution in [0.1, 0.15) is 11.6 Å². The Kier molecular flexibility index (Phi) is 5.04. The molecule has 0 aliphatic rings. The van der Waals surface area contributed by atoms with E-state index in [2.05, 4.69) is 5.32 Å². The fourth-order valence-corrected chi connectivity index (χ4v) is 2.23. The molecule has 1 atom stereocenters. The van der Waals surface area contributed by atoms with Crippen molar-refractivity contribution in [2.75, 3.05) is 12.4 Å². The molecule has 2 aromatic carbocycles. The maximum Gasteiger partial charge on any atom is 0.333 e. The van der Waals surface area contributed by atoms with Gasteiger partial charge in [-0.15, -0.1) is 0 Å².